The Bertz CT molecular complexity index is 549. The summed E-state index contributed by atoms with van der Waals surface area (Å²) in [5.74, 6) is 0.296. The van der Waals surface area contributed by atoms with Crippen molar-refractivity contribution in [2.45, 2.75) is 32.7 Å². The maximum atomic E-state index is 12.2. The zero-order chi connectivity index (χ0) is 15.6. The third-order valence-corrected chi connectivity index (χ3v) is 3.36. The summed E-state index contributed by atoms with van der Waals surface area (Å²) in [5, 5.41) is 2.93. The third-order valence-electron chi connectivity index (χ3n) is 3.36. The minimum Gasteiger partial charge on any atom is -0.497 e. The van der Waals surface area contributed by atoms with Gasteiger partial charge in [0, 0.05) is 30.3 Å². The van der Waals surface area contributed by atoms with E-state index in [2.05, 4.69) is 5.32 Å². The lowest BCUT2D eigenvalue weighted by molar-refractivity contribution is -0.127. The van der Waals surface area contributed by atoms with E-state index in [0.29, 0.717) is 12.3 Å². The van der Waals surface area contributed by atoms with E-state index in [1.165, 1.54) is 0 Å². The number of nitrogens with one attached hydrogen (secondary N) is 1. The first-order chi connectivity index (χ1) is 9.80. The quantitative estimate of drug-likeness (QED) is 0.926. The summed E-state index contributed by atoms with van der Waals surface area (Å²) >= 11 is 0. The molecule has 1 aliphatic rings. The Morgan fingerprint density at radius 2 is 2.10 bits per heavy atom. The largest absolute Gasteiger partial charge is 0.497 e. The molecule has 0 radical (unpaired) electrons. The molecule has 0 aliphatic carbocycles. The highest BCUT2D eigenvalue weighted by atomic mass is 16.5. The van der Waals surface area contributed by atoms with E-state index in [9.17, 15) is 9.59 Å². The highest BCUT2D eigenvalue weighted by molar-refractivity contribution is 6.00. The molecule has 1 N–H and O–H groups in total. The number of hydrogen-bond donors (Lipinski definition) is 1. The second-order valence-corrected chi connectivity index (χ2v) is 6.35. The number of rotatable bonds is 3. The molecular formula is C16H22N2O3. The van der Waals surface area contributed by atoms with Crippen molar-refractivity contribution in [3.63, 3.8) is 0 Å². The summed E-state index contributed by atoms with van der Waals surface area (Å²) in [7, 11) is 1.59. The average molecular weight is 290 g/mol. The van der Waals surface area contributed by atoms with E-state index in [0.717, 1.165) is 5.69 Å². The molecule has 1 aromatic rings. The number of nitrogens with zero attached hydrogens (tertiary/aromatic N) is 1. The van der Waals surface area contributed by atoms with Gasteiger partial charge in [0.2, 0.25) is 11.8 Å². The molecular weight excluding hydrogens is 268 g/mol. The maximum absolute atomic E-state index is 12.2. The van der Waals surface area contributed by atoms with Crippen LogP contribution in [0.3, 0.4) is 0 Å². The Morgan fingerprint density at radius 1 is 1.38 bits per heavy atom. The van der Waals surface area contributed by atoms with Gasteiger partial charge >= 0.3 is 0 Å². The lowest BCUT2D eigenvalue weighted by Gasteiger charge is -2.23. The van der Waals surface area contributed by atoms with Crippen molar-refractivity contribution in [3.8, 4) is 5.75 Å². The minimum atomic E-state index is -0.303. The fourth-order valence-electron chi connectivity index (χ4n) is 2.38. The number of ether oxygens (including phenoxy) is 1. The van der Waals surface area contributed by atoms with Crippen LogP contribution in [0.4, 0.5) is 5.69 Å². The van der Waals surface area contributed by atoms with Crippen molar-refractivity contribution in [3.05, 3.63) is 24.3 Å². The standard InChI is InChI=1S/C16H22N2O3/c1-16(2,3)17-15(20)11-8-14(19)18(10-11)12-6-5-7-13(9-12)21-4/h5-7,9,11H,8,10H2,1-4H3,(H,17,20)/t11-/m0/s1. The molecule has 114 valence electrons. The predicted molar refractivity (Wildman–Crippen MR) is 81.3 cm³/mol. The van der Waals surface area contributed by atoms with E-state index in [-0.39, 0.29) is 29.7 Å². The smallest absolute Gasteiger partial charge is 0.227 e. The van der Waals surface area contributed by atoms with Gasteiger partial charge in [-0.1, -0.05) is 6.07 Å². The summed E-state index contributed by atoms with van der Waals surface area (Å²) in [6, 6.07) is 7.32. The van der Waals surface area contributed by atoms with Gasteiger partial charge in [0.15, 0.2) is 0 Å². The number of anilines is 1. The van der Waals surface area contributed by atoms with E-state index < -0.39 is 0 Å². The monoisotopic (exact) mass is 290 g/mol. The van der Waals surface area contributed by atoms with Crippen LogP contribution in [0.25, 0.3) is 0 Å². The van der Waals surface area contributed by atoms with Crippen LogP contribution in [-0.4, -0.2) is 31.0 Å². The fraction of sp³-hybridized carbons (Fsp3) is 0.500. The van der Waals surface area contributed by atoms with Crippen LogP contribution in [0, 0.1) is 5.92 Å². The Hall–Kier alpha value is -2.04. The minimum absolute atomic E-state index is 0.0303. The molecule has 1 fully saturated rings. The van der Waals surface area contributed by atoms with Gasteiger partial charge in [-0.2, -0.15) is 0 Å². The Kier molecular flexibility index (Phi) is 4.21. The summed E-state index contributed by atoms with van der Waals surface area (Å²) < 4.78 is 5.17. The molecule has 21 heavy (non-hydrogen) atoms. The molecule has 1 aromatic carbocycles. The third kappa shape index (κ3) is 3.74. The van der Waals surface area contributed by atoms with Crippen molar-refractivity contribution in [2.24, 2.45) is 5.92 Å². The van der Waals surface area contributed by atoms with E-state index >= 15 is 0 Å². The molecule has 2 rings (SSSR count). The molecule has 0 bridgehead atoms. The first kappa shape index (κ1) is 15.4. The predicted octanol–water partition coefficient (Wildman–Crippen LogP) is 1.96. The van der Waals surface area contributed by atoms with Gasteiger partial charge in [0.05, 0.1) is 13.0 Å². The van der Waals surface area contributed by atoms with E-state index in [4.69, 9.17) is 4.74 Å². The van der Waals surface area contributed by atoms with Crippen LogP contribution in [0.5, 0.6) is 5.75 Å². The topological polar surface area (TPSA) is 58.6 Å². The van der Waals surface area contributed by atoms with Crippen molar-refractivity contribution in [2.75, 3.05) is 18.6 Å². The molecule has 1 heterocycles. The molecule has 1 atom stereocenters. The second kappa shape index (κ2) is 5.76. The zero-order valence-electron chi connectivity index (χ0n) is 13.0. The summed E-state index contributed by atoms with van der Waals surface area (Å²) in [6.45, 7) is 6.21. The maximum Gasteiger partial charge on any atom is 0.227 e. The zero-order valence-corrected chi connectivity index (χ0v) is 13.0. The van der Waals surface area contributed by atoms with Crippen molar-refractivity contribution in [1.82, 2.24) is 5.32 Å². The SMILES string of the molecule is COc1cccc(N2C[C@@H](C(=O)NC(C)(C)C)CC2=O)c1. The normalized spacial score (nSPS) is 18.8. The van der Waals surface area contributed by atoms with Crippen molar-refractivity contribution < 1.29 is 14.3 Å². The Labute approximate surface area is 125 Å². The van der Waals surface area contributed by atoms with Gasteiger partial charge in [-0.15, -0.1) is 0 Å². The Morgan fingerprint density at radius 3 is 2.71 bits per heavy atom. The van der Waals surface area contributed by atoms with Crippen molar-refractivity contribution >= 4 is 17.5 Å². The molecule has 0 aromatic heterocycles. The number of amides is 2. The summed E-state index contributed by atoms with van der Waals surface area (Å²) in [5.41, 5.74) is 0.481. The molecule has 2 amide bonds. The highest BCUT2D eigenvalue weighted by Crippen LogP contribution is 2.28. The van der Waals surface area contributed by atoms with Gasteiger partial charge in [-0.05, 0) is 32.9 Å². The lowest BCUT2D eigenvalue weighted by atomic mass is 10.0. The number of methoxy groups -OCH3 is 1. The molecule has 0 unspecified atom stereocenters. The number of hydrogen-bond acceptors (Lipinski definition) is 3. The summed E-state index contributed by atoms with van der Waals surface area (Å²) in [4.78, 5) is 26.0. The van der Waals surface area contributed by atoms with Gasteiger partial charge in [0.25, 0.3) is 0 Å². The molecule has 5 nitrogen and oxygen atoms in total. The molecule has 0 spiro atoms. The van der Waals surface area contributed by atoms with Crippen LogP contribution in [0.2, 0.25) is 0 Å². The average Bonchev–Trinajstić information content (AvgIpc) is 2.79. The van der Waals surface area contributed by atoms with Gasteiger partial charge in [-0.25, -0.2) is 0 Å². The van der Waals surface area contributed by atoms with Gasteiger partial charge in [-0.3, -0.25) is 9.59 Å². The number of benzene rings is 1. The number of carbonyl (C=O) groups is 2. The van der Waals surface area contributed by atoms with Crippen LogP contribution in [0.15, 0.2) is 24.3 Å². The first-order valence-electron chi connectivity index (χ1n) is 7.06. The van der Waals surface area contributed by atoms with E-state index in [1.807, 2.05) is 45.0 Å². The molecule has 5 heteroatoms. The van der Waals surface area contributed by atoms with Crippen LogP contribution in [0.1, 0.15) is 27.2 Å². The second-order valence-electron chi connectivity index (χ2n) is 6.35. The van der Waals surface area contributed by atoms with E-state index in [1.54, 1.807) is 12.0 Å². The fourth-order valence-corrected chi connectivity index (χ4v) is 2.38. The Balaban J connectivity index is 2.10. The molecule has 1 aliphatic heterocycles. The van der Waals surface area contributed by atoms with Crippen LogP contribution < -0.4 is 15.0 Å². The number of carbonyl (C=O) groups excluding carboxylic acids is 2. The van der Waals surface area contributed by atoms with Gasteiger partial charge in [0.1, 0.15) is 5.75 Å². The van der Waals surface area contributed by atoms with Gasteiger partial charge < -0.3 is 15.0 Å². The van der Waals surface area contributed by atoms with Crippen molar-refractivity contribution in [1.29, 1.82) is 0 Å². The van der Waals surface area contributed by atoms with Crippen LogP contribution in [-0.2, 0) is 9.59 Å². The van der Waals surface area contributed by atoms with Crippen LogP contribution >= 0.6 is 0 Å². The molecule has 1 saturated heterocycles. The molecule has 0 saturated carbocycles. The lowest BCUT2D eigenvalue weighted by Crippen LogP contribution is -2.44. The first-order valence-corrected chi connectivity index (χ1v) is 7.06. The summed E-state index contributed by atoms with van der Waals surface area (Å²) in [6.07, 6.45) is 0.249. The highest BCUT2D eigenvalue weighted by Gasteiger charge is 2.36.